The van der Waals surface area contributed by atoms with Crippen molar-refractivity contribution in [3.8, 4) is 22.8 Å². The van der Waals surface area contributed by atoms with E-state index in [2.05, 4.69) is 32.0 Å². The van der Waals surface area contributed by atoms with Crippen LogP contribution in [0.5, 0.6) is 11.5 Å². The maximum Gasteiger partial charge on any atom is 0.586 e. The van der Waals surface area contributed by atoms with Gasteiger partial charge >= 0.3 is 6.29 Å². The molecule has 0 atom stereocenters. The third-order valence-corrected chi connectivity index (χ3v) is 10.3. The van der Waals surface area contributed by atoms with Gasteiger partial charge in [-0.05, 0) is 86.2 Å². The smallest absolute Gasteiger partial charge is 0.445 e. The molecule has 3 N–H and O–H groups in total. The molecule has 0 radical (unpaired) electrons. The van der Waals surface area contributed by atoms with Crippen LogP contribution in [0.3, 0.4) is 0 Å². The number of amides is 5. The van der Waals surface area contributed by atoms with Crippen LogP contribution < -0.4 is 30.3 Å². The number of aryl methyl sites for hydroxylation is 2. The summed E-state index contributed by atoms with van der Waals surface area (Å²) < 4.78 is 42.0. The largest absolute Gasteiger partial charge is 0.586 e. The molecular weight excluding hydrogens is 754 g/mol. The molecule has 1 saturated carbocycles. The monoisotopic (exact) mass is 796 g/mol. The quantitative estimate of drug-likeness (QED) is 0.107. The summed E-state index contributed by atoms with van der Waals surface area (Å²) >= 11 is 0. The maximum atomic E-state index is 13.6. The lowest BCUT2D eigenvalue weighted by Gasteiger charge is -2.32. The first-order valence-electron chi connectivity index (χ1n) is 19.0. The van der Waals surface area contributed by atoms with Crippen LogP contribution in [0.2, 0.25) is 0 Å². The number of furan rings is 1. The first kappa shape index (κ1) is 39.6. The molecule has 7 rings (SSSR count). The Labute approximate surface area is 332 Å². The molecule has 4 aromatic rings. The lowest BCUT2D eigenvalue weighted by molar-refractivity contribution is -0.286. The van der Waals surface area contributed by atoms with Gasteiger partial charge in [-0.15, -0.1) is 8.78 Å². The predicted octanol–water partition coefficient (Wildman–Crippen LogP) is 5.26. The number of nitrogens with one attached hydrogen (secondary N) is 3. The number of aromatic nitrogens is 1. The van der Waals surface area contributed by atoms with E-state index in [4.69, 9.17) is 9.40 Å². The number of fused-ring (bicyclic) bond motifs is 1. The van der Waals surface area contributed by atoms with Crippen LogP contribution >= 0.6 is 0 Å². The molecule has 1 saturated heterocycles. The van der Waals surface area contributed by atoms with Gasteiger partial charge in [-0.1, -0.05) is 30.8 Å². The van der Waals surface area contributed by atoms with Gasteiger partial charge < -0.3 is 34.7 Å². The molecule has 2 aliphatic heterocycles. The van der Waals surface area contributed by atoms with E-state index in [1.165, 1.54) is 28.0 Å². The van der Waals surface area contributed by atoms with Crippen LogP contribution in [-0.2, 0) is 31.0 Å². The Kier molecular flexibility index (Phi) is 11.3. The van der Waals surface area contributed by atoms with E-state index >= 15 is 0 Å². The van der Waals surface area contributed by atoms with Crippen LogP contribution in [0, 0.1) is 6.92 Å². The molecular formula is C42H42F2N6O8. The van der Waals surface area contributed by atoms with Crippen molar-refractivity contribution >= 4 is 41.2 Å². The number of hydrogen-bond acceptors (Lipinski definition) is 9. The highest BCUT2D eigenvalue weighted by Gasteiger charge is 2.53. The molecule has 4 heterocycles. The number of piperazine rings is 1. The number of benzene rings is 2. The van der Waals surface area contributed by atoms with Gasteiger partial charge in [0.1, 0.15) is 18.1 Å². The van der Waals surface area contributed by atoms with Crippen LogP contribution in [-0.4, -0.2) is 78.4 Å². The van der Waals surface area contributed by atoms with E-state index in [1.54, 1.807) is 42.5 Å². The van der Waals surface area contributed by atoms with Crippen molar-refractivity contribution in [3.63, 3.8) is 0 Å². The molecule has 0 spiro atoms. The molecule has 14 nitrogen and oxygen atoms in total. The zero-order valence-corrected chi connectivity index (χ0v) is 31.8. The molecule has 0 unspecified atom stereocenters. The summed E-state index contributed by atoms with van der Waals surface area (Å²) in [6.45, 7) is 6.79. The van der Waals surface area contributed by atoms with E-state index < -0.39 is 11.7 Å². The Morgan fingerprint density at radius 3 is 2.47 bits per heavy atom. The number of halogens is 2. The van der Waals surface area contributed by atoms with E-state index in [-0.39, 0.29) is 54.0 Å². The van der Waals surface area contributed by atoms with Gasteiger partial charge in [0.2, 0.25) is 29.5 Å². The summed E-state index contributed by atoms with van der Waals surface area (Å²) in [4.78, 5) is 70.9. The Balaban J connectivity index is 0.838. The van der Waals surface area contributed by atoms with Gasteiger partial charge in [0, 0.05) is 56.2 Å². The van der Waals surface area contributed by atoms with Crippen molar-refractivity contribution in [1.29, 1.82) is 0 Å². The molecule has 2 aromatic carbocycles. The number of alkyl halides is 2. The summed E-state index contributed by atoms with van der Waals surface area (Å²) in [5.74, 6) is -0.229. The highest BCUT2D eigenvalue weighted by molar-refractivity contribution is 6.01. The zero-order valence-electron chi connectivity index (χ0n) is 31.8. The second-order valence-electron chi connectivity index (χ2n) is 14.4. The van der Waals surface area contributed by atoms with Crippen LogP contribution in [0.4, 0.5) is 20.5 Å². The highest BCUT2D eigenvalue weighted by atomic mass is 19.3. The second-order valence-corrected chi connectivity index (χ2v) is 14.4. The van der Waals surface area contributed by atoms with Crippen molar-refractivity contribution < 1.29 is 46.6 Å². The minimum absolute atomic E-state index is 0.0524. The minimum atomic E-state index is -3.75. The van der Waals surface area contributed by atoms with Gasteiger partial charge in [-0.3, -0.25) is 28.9 Å². The fourth-order valence-electron chi connectivity index (χ4n) is 6.93. The number of pyridine rings is 1. The number of ether oxygens (including phenoxy) is 2. The number of unbranched alkanes of at least 4 members (excludes halogenated alkanes) is 1. The Hall–Kier alpha value is -6.58. The maximum absolute atomic E-state index is 13.6. The molecule has 0 bridgehead atoms. The molecule has 16 heteroatoms. The third kappa shape index (κ3) is 8.85. The van der Waals surface area contributed by atoms with Crippen LogP contribution in [0.15, 0.2) is 83.8 Å². The molecule has 1 aliphatic carbocycles. The summed E-state index contributed by atoms with van der Waals surface area (Å²) in [6.07, 6.45) is 0.327. The summed E-state index contributed by atoms with van der Waals surface area (Å²) in [5, 5.41) is 8.68. The van der Waals surface area contributed by atoms with Crippen molar-refractivity contribution in [2.75, 3.05) is 42.9 Å². The number of carbonyl (C=O) groups is 5. The van der Waals surface area contributed by atoms with E-state index in [9.17, 15) is 32.8 Å². The average Bonchev–Trinajstić information content (AvgIpc) is 3.79. The molecule has 58 heavy (non-hydrogen) atoms. The molecule has 2 fully saturated rings. The SMILES string of the molecule is C=CC(=O)N1CCN(c2ccc(CCC(=O)NCCCCNC(=O)c3cccc(-c4nc(NC(=O)C5(c6ccc7c(c6)OC(F)(F)O7)CC5)ccc4C)c3)o2)C(=O)C1. The fraction of sp³-hybridized carbons (Fsp3) is 0.333. The van der Waals surface area contributed by atoms with Crippen LogP contribution in [0.25, 0.3) is 11.3 Å². The second kappa shape index (κ2) is 16.5. The fourth-order valence-corrected chi connectivity index (χ4v) is 6.93. The van der Waals surface area contributed by atoms with E-state index in [0.717, 1.165) is 5.56 Å². The molecule has 302 valence electrons. The number of hydrogen-bond donors (Lipinski definition) is 3. The van der Waals surface area contributed by atoms with Crippen molar-refractivity contribution in [1.82, 2.24) is 20.5 Å². The summed E-state index contributed by atoms with van der Waals surface area (Å²) in [6, 6.07) is 18.3. The molecule has 5 amide bonds. The Morgan fingerprint density at radius 2 is 1.71 bits per heavy atom. The number of anilines is 2. The molecule has 3 aliphatic rings. The lowest BCUT2D eigenvalue weighted by atomic mass is 9.94. The van der Waals surface area contributed by atoms with Crippen molar-refractivity contribution in [2.24, 2.45) is 0 Å². The highest BCUT2D eigenvalue weighted by Crippen LogP contribution is 2.52. The van der Waals surface area contributed by atoms with Crippen LogP contribution in [0.1, 0.15) is 59.3 Å². The summed E-state index contributed by atoms with van der Waals surface area (Å²) in [5.41, 5.74) is 2.16. The number of rotatable bonds is 15. The van der Waals surface area contributed by atoms with Crippen molar-refractivity contribution in [2.45, 2.75) is 57.2 Å². The topological polar surface area (TPSA) is 172 Å². The Bertz CT molecular complexity index is 2270. The van der Waals surface area contributed by atoms with Crippen molar-refractivity contribution in [3.05, 3.63) is 102 Å². The first-order chi connectivity index (χ1) is 27.8. The lowest BCUT2D eigenvalue weighted by Crippen LogP contribution is -2.52. The minimum Gasteiger partial charge on any atom is -0.445 e. The van der Waals surface area contributed by atoms with Gasteiger partial charge in [0.15, 0.2) is 11.5 Å². The number of carbonyl (C=O) groups excluding carboxylic acids is 5. The van der Waals surface area contributed by atoms with Gasteiger partial charge in [0.25, 0.3) is 5.91 Å². The van der Waals surface area contributed by atoms with Gasteiger partial charge in [0.05, 0.1) is 11.1 Å². The normalized spacial score (nSPS) is 16.1. The summed E-state index contributed by atoms with van der Waals surface area (Å²) in [7, 11) is 0. The zero-order chi connectivity index (χ0) is 41.0. The Morgan fingerprint density at radius 1 is 0.931 bits per heavy atom. The van der Waals surface area contributed by atoms with Gasteiger partial charge in [-0.25, -0.2) is 4.98 Å². The number of nitrogens with zero attached hydrogens (tertiary/aromatic N) is 3. The first-order valence-corrected chi connectivity index (χ1v) is 19.0. The standard InChI is InChI=1S/C42H42F2N6O8/c1-3-35(52)49-21-22-50(36(53)25-49)37-16-12-30(56-37)11-15-34(51)45-19-4-5-20-46-39(54)28-8-6-7-27(23-28)38-26(2)9-14-33(47-38)48-40(55)41(17-18-41)29-10-13-31-32(24-29)58-42(43,44)57-31/h3,6-10,12-14,16,23-24H,1,4-5,11,15,17-22,25H2,2H3,(H,45,51)(H,46,54)(H,47,48,55). The van der Waals surface area contributed by atoms with E-state index in [0.29, 0.717) is 98.1 Å². The predicted molar refractivity (Wildman–Crippen MR) is 207 cm³/mol. The van der Waals surface area contributed by atoms with E-state index in [1.807, 2.05) is 19.1 Å². The molecule has 2 aromatic heterocycles. The third-order valence-electron chi connectivity index (χ3n) is 10.3. The average molecular weight is 797 g/mol. The van der Waals surface area contributed by atoms with Gasteiger partial charge in [-0.2, -0.15) is 0 Å².